The lowest BCUT2D eigenvalue weighted by molar-refractivity contribution is -0.389. The molecule has 0 fully saturated rings. The normalized spacial score (nSPS) is 10.3. The molecule has 0 saturated carbocycles. The second-order valence-corrected chi connectivity index (χ2v) is 4.09. The van der Waals surface area contributed by atoms with Crippen molar-refractivity contribution in [2.45, 2.75) is 19.4 Å². The molecule has 19 heavy (non-hydrogen) atoms. The molecule has 1 heterocycles. The number of hydrogen-bond donors (Lipinski definition) is 0. The predicted octanol–water partition coefficient (Wildman–Crippen LogP) is 2.45. The van der Waals surface area contributed by atoms with Crippen LogP contribution >= 0.6 is 0 Å². The molecule has 1 aromatic heterocycles. The van der Waals surface area contributed by atoms with E-state index < -0.39 is 4.92 Å². The number of Topliss-reactive ketones (excluding diaryl/α,β-unsaturated/α-hetero) is 1. The van der Waals surface area contributed by atoms with Gasteiger partial charge in [0.15, 0.2) is 5.78 Å². The molecule has 6 nitrogen and oxygen atoms in total. The Bertz CT molecular complexity index is 578. The standard InChI is InChI=1S/C13H13N3O3/c17-12(11-5-2-1-3-6-11)7-4-9-15-10-8-13(14-15)16(18)19/h1-3,5-6,8,10H,4,7,9H2. The van der Waals surface area contributed by atoms with E-state index >= 15 is 0 Å². The predicted molar refractivity (Wildman–Crippen MR) is 68.9 cm³/mol. The fourth-order valence-electron chi connectivity index (χ4n) is 1.74. The van der Waals surface area contributed by atoms with Gasteiger partial charge in [-0.2, -0.15) is 4.68 Å². The van der Waals surface area contributed by atoms with E-state index in [0.717, 1.165) is 0 Å². The molecule has 0 spiro atoms. The highest BCUT2D eigenvalue weighted by Gasteiger charge is 2.11. The molecule has 0 saturated heterocycles. The molecule has 0 aliphatic rings. The minimum atomic E-state index is -0.536. The summed E-state index contributed by atoms with van der Waals surface area (Å²) in [6, 6.07) is 10.4. The van der Waals surface area contributed by atoms with Crippen LogP contribution in [0, 0.1) is 10.1 Å². The zero-order valence-electron chi connectivity index (χ0n) is 10.2. The van der Waals surface area contributed by atoms with Crippen LogP contribution in [0.5, 0.6) is 0 Å². The van der Waals surface area contributed by atoms with Gasteiger partial charge in [-0.3, -0.25) is 4.79 Å². The Balaban J connectivity index is 1.83. The van der Waals surface area contributed by atoms with Gasteiger partial charge in [0.05, 0.1) is 23.9 Å². The summed E-state index contributed by atoms with van der Waals surface area (Å²) in [5.41, 5.74) is 0.689. The van der Waals surface area contributed by atoms with Crippen molar-refractivity contribution < 1.29 is 9.72 Å². The van der Waals surface area contributed by atoms with E-state index in [0.29, 0.717) is 24.9 Å². The molecule has 0 N–H and O–H groups in total. The SMILES string of the molecule is O=C(CCCn1ccc([N+](=O)[O-])n1)c1ccccc1. The number of ketones is 1. The minimum absolute atomic E-state index is 0.0715. The van der Waals surface area contributed by atoms with Crippen molar-refractivity contribution in [3.05, 3.63) is 58.3 Å². The smallest absolute Gasteiger partial charge is 0.358 e. The van der Waals surface area contributed by atoms with Crippen molar-refractivity contribution in [2.24, 2.45) is 0 Å². The number of benzene rings is 1. The second-order valence-electron chi connectivity index (χ2n) is 4.09. The van der Waals surface area contributed by atoms with Crippen LogP contribution < -0.4 is 0 Å². The number of hydrogen-bond acceptors (Lipinski definition) is 4. The van der Waals surface area contributed by atoms with Crippen molar-refractivity contribution in [2.75, 3.05) is 0 Å². The van der Waals surface area contributed by atoms with Crippen LogP contribution in [0.2, 0.25) is 0 Å². The first-order valence-corrected chi connectivity index (χ1v) is 5.93. The lowest BCUT2D eigenvalue weighted by Crippen LogP contribution is -2.04. The molecular formula is C13H13N3O3. The fourth-order valence-corrected chi connectivity index (χ4v) is 1.74. The first kappa shape index (κ1) is 12.9. The fraction of sp³-hybridized carbons (Fsp3) is 0.231. The summed E-state index contributed by atoms with van der Waals surface area (Å²) in [5, 5.41) is 14.2. The largest absolute Gasteiger partial charge is 0.389 e. The summed E-state index contributed by atoms with van der Waals surface area (Å²) in [7, 11) is 0. The van der Waals surface area contributed by atoms with Gasteiger partial charge in [-0.25, -0.2) is 0 Å². The quantitative estimate of drug-likeness (QED) is 0.453. The average molecular weight is 259 g/mol. The Kier molecular flexibility index (Phi) is 4.02. The molecule has 0 radical (unpaired) electrons. The molecule has 0 aliphatic carbocycles. The van der Waals surface area contributed by atoms with E-state index in [2.05, 4.69) is 5.10 Å². The van der Waals surface area contributed by atoms with Gasteiger partial charge in [0.2, 0.25) is 0 Å². The van der Waals surface area contributed by atoms with Crippen LogP contribution in [0.1, 0.15) is 23.2 Å². The topological polar surface area (TPSA) is 78.0 Å². The number of aryl methyl sites for hydroxylation is 1. The molecule has 6 heteroatoms. The maximum Gasteiger partial charge on any atom is 0.389 e. The van der Waals surface area contributed by atoms with E-state index in [1.807, 2.05) is 18.2 Å². The van der Waals surface area contributed by atoms with Gasteiger partial charge in [0, 0.05) is 12.0 Å². The summed E-state index contributed by atoms with van der Waals surface area (Å²) in [5.74, 6) is -0.100. The number of carbonyl (C=O) groups excluding carboxylic acids is 1. The Hall–Kier alpha value is -2.50. The zero-order valence-corrected chi connectivity index (χ0v) is 10.2. The van der Waals surface area contributed by atoms with Gasteiger partial charge in [-0.15, -0.1) is 0 Å². The number of rotatable bonds is 6. The number of nitro groups is 1. The van der Waals surface area contributed by atoms with Crippen molar-refractivity contribution in [3.8, 4) is 0 Å². The maximum absolute atomic E-state index is 11.8. The van der Waals surface area contributed by atoms with Crippen molar-refractivity contribution in [3.63, 3.8) is 0 Å². The molecule has 2 aromatic rings. The first-order chi connectivity index (χ1) is 9.16. The van der Waals surface area contributed by atoms with Crippen LogP contribution in [0.3, 0.4) is 0 Å². The molecular weight excluding hydrogens is 246 g/mol. The monoisotopic (exact) mass is 259 g/mol. The highest BCUT2D eigenvalue weighted by Crippen LogP contribution is 2.08. The van der Waals surface area contributed by atoms with Crippen molar-refractivity contribution >= 4 is 11.6 Å². The molecule has 0 amide bonds. The number of carbonyl (C=O) groups is 1. The van der Waals surface area contributed by atoms with Crippen LogP contribution in [0.4, 0.5) is 5.82 Å². The van der Waals surface area contributed by atoms with Crippen molar-refractivity contribution in [1.82, 2.24) is 9.78 Å². The van der Waals surface area contributed by atoms with Gasteiger partial charge in [-0.05, 0) is 11.3 Å². The van der Waals surface area contributed by atoms with E-state index in [9.17, 15) is 14.9 Å². The average Bonchev–Trinajstić information content (AvgIpc) is 2.89. The number of aromatic nitrogens is 2. The van der Waals surface area contributed by atoms with E-state index in [1.54, 1.807) is 18.3 Å². The Morgan fingerprint density at radius 1 is 1.26 bits per heavy atom. The van der Waals surface area contributed by atoms with Crippen LogP contribution in [0.15, 0.2) is 42.6 Å². The van der Waals surface area contributed by atoms with E-state index in [1.165, 1.54) is 10.7 Å². The van der Waals surface area contributed by atoms with Crippen LogP contribution in [0.25, 0.3) is 0 Å². The zero-order chi connectivity index (χ0) is 13.7. The third-order valence-electron chi connectivity index (χ3n) is 2.70. The first-order valence-electron chi connectivity index (χ1n) is 5.93. The maximum atomic E-state index is 11.8. The van der Waals surface area contributed by atoms with E-state index in [-0.39, 0.29) is 11.6 Å². The number of nitrogens with zero attached hydrogens (tertiary/aromatic N) is 3. The second kappa shape index (κ2) is 5.90. The summed E-state index contributed by atoms with van der Waals surface area (Å²) >= 11 is 0. The van der Waals surface area contributed by atoms with Gasteiger partial charge in [0.25, 0.3) is 0 Å². The van der Waals surface area contributed by atoms with Gasteiger partial charge in [0.1, 0.15) is 0 Å². The van der Waals surface area contributed by atoms with Gasteiger partial charge >= 0.3 is 5.82 Å². The third kappa shape index (κ3) is 3.48. The van der Waals surface area contributed by atoms with Crippen LogP contribution in [-0.2, 0) is 6.54 Å². The molecule has 0 unspecified atom stereocenters. The minimum Gasteiger partial charge on any atom is -0.358 e. The molecule has 0 aliphatic heterocycles. The third-order valence-corrected chi connectivity index (χ3v) is 2.70. The Morgan fingerprint density at radius 2 is 2.00 bits per heavy atom. The molecule has 0 atom stereocenters. The molecule has 0 bridgehead atoms. The summed E-state index contributed by atoms with van der Waals surface area (Å²) in [6.07, 6.45) is 2.55. The summed E-state index contributed by atoms with van der Waals surface area (Å²) < 4.78 is 1.48. The highest BCUT2D eigenvalue weighted by atomic mass is 16.6. The van der Waals surface area contributed by atoms with Crippen molar-refractivity contribution in [1.29, 1.82) is 0 Å². The molecule has 1 aromatic carbocycles. The Labute approximate surface area is 109 Å². The lowest BCUT2D eigenvalue weighted by atomic mass is 10.1. The molecule has 2 rings (SSSR count). The molecule has 98 valence electrons. The lowest BCUT2D eigenvalue weighted by Gasteiger charge is -1.99. The summed E-state index contributed by atoms with van der Waals surface area (Å²) in [6.45, 7) is 0.492. The van der Waals surface area contributed by atoms with Gasteiger partial charge < -0.3 is 10.1 Å². The van der Waals surface area contributed by atoms with E-state index in [4.69, 9.17) is 0 Å². The van der Waals surface area contributed by atoms with Crippen LogP contribution in [-0.4, -0.2) is 20.5 Å². The summed E-state index contributed by atoms with van der Waals surface area (Å²) in [4.78, 5) is 21.7. The Morgan fingerprint density at radius 3 is 2.63 bits per heavy atom. The highest BCUT2D eigenvalue weighted by molar-refractivity contribution is 5.95. The van der Waals surface area contributed by atoms with Gasteiger partial charge in [-0.1, -0.05) is 30.3 Å².